The number of rotatable bonds is 3. The third kappa shape index (κ3) is 2.81. The van der Waals surface area contributed by atoms with Gasteiger partial charge >= 0.3 is 0 Å². The highest BCUT2D eigenvalue weighted by Gasteiger charge is 2.07. The Morgan fingerprint density at radius 1 is 1.16 bits per heavy atom. The van der Waals surface area contributed by atoms with E-state index in [2.05, 4.69) is 5.10 Å². The number of nitrogens with zero attached hydrogens (tertiary/aromatic N) is 2. The second kappa shape index (κ2) is 5.22. The molecule has 98 valence electrons. The molecule has 0 radical (unpaired) electrons. The SMILES string of the molecule is Cc1ccc(C(=O)/C=C/c2c(C)nn(C)c2C)cc1. The van der Waals surface area contributed by atoms with Crippen LogP contribution in [0.25, 0.3) is 6.08 Å². The van der Waals surface area contributed by atoms with Gasteiger partial charge in [-0.3, -0.25) is 9.48 Å². The van der Waals surface area contributed by atoms with Gasteiger partial charge < -0.3 is 0 Å². The third-order valence-corrected chi connectivity index (χ3v) is 3.30. The first-order chi connectivity index (χ1) is 8.99. The molecule has 0 fully saturated rings. The first-order valence-corrected chi connectivity index (χ1v) is 6.28. The van der Waals surface area contributed by atoms with Crippen molar-refractivity contribution in [3.63, 3.8) is 0 Å². The molecule has 0 aliphatic carbocycles. The van der Waals surface area contributed by atoms with Crippen LogP contribution in [0.4, 0.5) is 0 Å². The number of hydrogen-bond donors (Lipinski definition) is 0. The number of aryl methyl sites for hydroxylation is 3. The van der Waals surface area contributed by atoms with E-state index in [1.165, 1.54) is 0 Å². The number of ketones is 1. The van der Waals surface area contributed by atoms with Gasteiger partial charge in [-0.1, -0.05) is 29.8 Å². The zero-order valence-corrected chi connectivity index (χ0v) is 11.8. The molecular formula is C16H18N2O. The van der Waals surface area contributed by atoms with Crippen LogP contribution in [0.5, 0.6) is 0 Å². The molecule has 0 unspecified atom stereocenters. The van der Waals surface area contributed by atoms with Gasteiger partial charge in [-0.15, -0.1) is 0 Å². The highest BCUT2D eigenvalue weighted by Crippen LogP contribution is 2.14. The summed E-state index contributed by atoms with van der Waals surface area (Å²) >= 11 is 0. The fourth-order valence-electron chi connectivity index (χ4n) is 2.00. The second-order valence-electron chi connectivity index (χ2n) is 4.77. The fourth-order valence-corrected chi connectivity index (χ4v) is 2.00. The van der Waals surface area contributed by atoms with Crippen molar-refractivity contribution in [2.75, 3.05) is 0 Å². The highest BCUT2D eigenvalue weighted by atomic mass is 16.1. The molecule has 2 rings (SSSR count). The summed E-state index contributed by atoms with van der Waals surface area (Å²) in [7, 11) is 1.90. The number of hydrogen-bond acceptors (Lipinski definition) is 2. The highest BCUT2D eigenvalue weighted by molar-refractivity contribution is 6.06. The lowest BCUT2D eigenvalue weighted by Crippen LogP contribution is -1.94. The van der Waals surface area contributed by atoms with Crippen LogP contribution in [-0.2, 0) is 7.05 Å². The van der Waals surface area contributed by atoms with E-state index in [1.54, 1.807) is 6.08 Å². The smallest absolute Gasteiger partial charge is 0.185 e. The average Bonchev–Trinajstić information content (AvgIpc) is 2.62. The summed E-state index contributed by atoms with van der Waals surface area (Å²) in [6, 6.07) is 7.60. The van der Waals surface area contributed by atoms with Crippen LogP contribution in [0.1, 0.15) is 32.9 Å². The molecule has 19 heavy (non-hydrogen) atoms. The van der Waals surface area contributed by atoms with Crippen LogP contribution in [0.2, 0.25) is 0 Å². The number of carbonyl (C=O) groups is 1. The van der Waals surface area contributed by atoms with Gasteiger partial charge in [-0.05, 0) is 32.9 Å². The minimum atomic E-state index is 0.0163. The first-order valence-electron chi connectivity index (χ1n) is 6.28. The van der Waals surface area contributed by atoms with Crippen LogP contribution in [0.15, 0.2) is 30.3 Å². The van der Waals surface area contributed by atoms with Gasteiger partial charge in [0.2, 0.25) is 0 Å². The Balaban J connectivity index is 2.23. The summed E-state index contributed by atoms with van der Waals surface area (Å²) in [5.74, 6) is 0.0163. The van der Waals surface area contributed by atoms with Crippen molar-refractivity contribution < 1.29 is 4.79 Å². The van der Waals surface area contributed by atoms with Crippen molar-refractivity contribution in [1.29, 1.82) is 0 Å². The zero-order valence-electron chi connectivity index (χ0n) is 11.8. The minimum Gasteiger partial charge on any atom is -0.289 e. The number of allylic oxidation sites excluding steroid dienone is 1. The first kappa shape index (κ1) is 13.3. The van der Waals surface area contributed by atoms with Crippen molar-refractivity contribution in [2.45, 2.75) is 20.8 Å². The summed E-state index contributed by atoms with van der Waals surface area (Å²) in [5.41, 5.74) is 4.88. The molecule has 0 N–H and O–H groups in total. The average molecular weight is 254 g/mol. The molecule has 1 aromatic carbocycles. The topological polar surface area (TPSA) is 34.9 Å². The molecule has 3 heteroatoms. The lowest BCUT2D eigenvalue weighted by Gasteiger charge is -1.97. The second-order valence-corrected chi connectivity index (χ2v) is 4.77. The maximum absolute atomic E-state index is 12.0. The van der Waals surface area contributed by atoms with Crippen LogP contribution in [-0.4, -0.2) is 15.6 Å². The predicted molar refractivity (Wildman–Crippen MR) is 77.2 cm³/mol. The van der Waals surface area contributed by atoms with Crippen LogP contribution >= 0.6 is 0 Å². The van der Waals surface area contributed by atoms with Crippen molar-refractivity contribution >= 4 is 11.9 Å². The van der Waals surface area contributed by atoms with E-state index in [0.717, 1.165) is 22.5 Å². The molecule has 0 bridgehead atoms. The molecule has 0 saturated heterocycles. The standard InChI is InChI=1S/C16H18N2O/c1-11-5-7-14(8-6-11)16(19)10-9-15-12(2)17-18(4)13(15)3/h5-10H,1-4H3/b10-9+. The van der Waals surface area contributed by atoms with Gasteiger partial charge in [0.15, 0.2) is 5.78 Å². The number of carbonyl (C=O) groups excluding carboxylic acids is 1. The predicted octanol–water partition coefficient (Wildman–Crippen LogP) is 3.24. The molecule has 0 atom stereocenters. The number of benzene rings is 1. The molecule has 0 spiro atoms. The Hall–Kier alpha value is -2.16. The van der Waals surface area contributed by atoms with Crippen molar-refractivity contribution in [3.8, 4) is 0 Å². The van der Waals surface area contributed by atoms with Crippen LogP contribution < -0.4 is 0 Å². The van der Waals surface area contributed by atoms with E-state index in [1.807, 2.05) is 62.8 Å². The number of aromatic nitrogens is 2. The van der Waals surface area contributed by atoms with E-state index >= 15 is 0 Å². The van der Waals surface area contributed by atoms with Crippen molar-refractivity contribution in [3.05, 3.63) is 58.4 Å². The lowest BCUT2D eigenvalue weighted by molar-refractivity contribution is 0.104. The van der Waals surface area contributed by atoms with Crippen LogP contribution in [0, 0.1) is 20.8 Å². The minimum absolute atomic E-state index is 0.0163. The molecule has 0 saturated carbocycles. The van der Waals surface area contributed by atoms with E-state index in [0.29, 0.717) is 5.56 Å². The van der Waals surface area contributed by atoms with E-state index in [9.17, 15) is 4.79 Å². The zero-order chi connectivity index (χ0) is 14.0. The maximum Gasteiger partial charge on any atom is 0.185 e. The summed E-state index contributed by atoms with van der Waals surface area (Å²) in [6.45, 7) is 5.95. The summed E-state index contributed by atoms with van der Waals surface area (Å²) < 4.78 is 1.82. The molecule has 1 aromatic heterocycles. The molecular weight excluding hydrogens is 236 g/mol. The molecule has 2 aromatic rings. The normalized spacial score (nSPS) is 11.2. The van der Waals surface area contributed by atoms with Gasteiger partial charge in [-0.25, -0.2) is 0 Å². The molecule has 1 heterocycles. The Morgan fingerprint density at radius 2 is 1.79 bits per heavy atom. The summed E-state index contributed by atoms with van der Waals surface area (Å²) in [5, 5.41) is 4.33. The Kier molecular flexibility index (Phi) is 3.65. The fraction of sp³-hybridized carbons (Fsp3) is 0.250. The van der Waals surface area contributed by atoms with Crippen molar-refractivity contribution in [1.82, 2.24) is 9.78 Å². The van der Waals surface area contributed by atoms with Crippen molar-refractivity contribution in [2.24, 2.45) is 7.05 Å². The summed E-state index contributed by atoms with van der Waals surface area (Å²) in [6.07, 6.45) is 3.46. The van der Waals surface area contributed by atoms with Gasteiger partial charge in [0.25, 0.3) is 0 Å². The van der Waals surface area contributed by atoms with Gasteiger partial charge in [0, 0.05) is 23.9 Å². The van der Waals surface area contributed by atoms with Crippen LogP contribution in [0.3, 0.4) is 0 Å². The van der Waals surface area contributed by atoms with Gasteiger partial charge in [0.05, 0.1) is 5.69 Å². The van der Waals surface area contributed by atoms with Gasteiger partial charge in [-0.2, -0.15) is 5.10 Å². The van der Waals surface area contributed by atoms with Gasteiger partial charge in [0.1, 0.15) is 0 Å². The maximum atomic E-state index is 12.0. The van der Waals surface area contributed by atoms with E-state index in [4.69, 9.17) is 0 Å². The summed E-state index contributed by atoms with van der Waals surface area (Å²) in [4.78, 5) is 12.0. The third-order valence-electron chi connectivity index (χ3n) is 3.30. The lowest BCUT2D eigenvalue weighted by atomic mass is 10.1. The monoisotopic (exact) mass is 254 g/mol. The van der Waals surface area contributed by atoms with E-state index < -0.39 is 0 Å². The quantitative estimate of drug-likeness (QED) is 0.622. The molecule has 3 nitrogen and oxygen atoms in total. The molecule has 0 aliphatic heterocycles. The Labute approximate surface area is 113 Å². The molecule has 0 amide bonds. The van der Waals surface area contributed by atoms with E-state index in [-0.39, 0.29) is 5.78 Å². The Bertz CT molecular complexity index is 634. The molecule has 0 aliphatic rings. The largest absolute Gasteiger partial charge is 0.289 e. The Morgan fingerprint density at radius 3 is 2.32 bits per heavy atom.